The molecule has 1 amide bonds. The summed E-state index contributed by atoms with van der Waals surface area (Å²) >= 11 is 11.5. The predicted octanol–water partition coefficient (Wildman–Crippen LogP) is 2.39. The van der Waals surface area contributed by atoms with Crippen molar-refractivity contribution in [1.82, 2.24) is 5.32 Å². The second-order valence-corrected chi connectivity index (χ2v) is 4.74. The Labute approximate surface area is 109 Å². The van der Waals surface area contributed by atoms with Gasteiger partial charge in [0, 0.05) is 5.69 Å². The van der Waals surface area contributed by atoms with Gasteiger partial charge in [0.25, 0.3) is 0 Å². The number of phenols is 1. The zero-order valence-corrected chi connectivity index (χ0v) is 10.5. The van der Waals surface area contributed by atoms with Crippen molar-refractivity contribution in [1.29, 1.82) is 0 Å². The maximum absolute atomic E-state index is 11.8. The van der Waals surface area contributed by atoms with Crippen molar-refractivity contribution < 1.29 is 9.90 Å². The van der Waals surface area contributed by atoms with Crippen LogP contribution in [0.5, 0.6) is 5.75 Å². The monoisotopic (exact) mass is 274 g/mol. The Bertz CT molecular complexity index is 422. The Morgan fingerprint density at radius 2 is 2.06 bits per heavy atom. The van der Waals surface area contributed by atoms with Gasteiger partial charge < -0.3 is 15.7 Å². The van der Waals surface area contributed by atoms with E-state index in [2.05, 4.69) is 10.6 Å². The third-order valence-corrected chi connectivity index (χ3v) is 3.24. The van der Waals surface area contributed by atoms with Gasteiger partial charge in [-0.25, -0.2) is 0 Å². The van der Waals surface area contributed by atoms with Crippen LogP contribution in [0.1, 0.15) is 12.8 Å². The van der Waals surface area contributed by atoms with Crippen LogP contribution in [0.2, 0.25) is 10.0 Å². The van der Waals surface area contributed by atoms with Crippen molar-refractivity contribution in [3.63, 3.8) is 0 Å². The van der Waals surface area contributed by atoms with Crippen molar-refractivity contribution >= 4 is 34.8 Å². The van der Waals surface area contributed by atoms with Gasteiger partial charge >= 0.3 is 0 Å². The second kappa shape index (κ2) is 5.12. The van der Waals surface area contributed by atoms with Crippen molar-refractivity contribution in [2.45, 2.75) is 18.9 Å². The fraction of sp³-hybridized carbons (Fsp3) is 0.364. The van der Waals surface area contributed by atoms with E-state index in [0.717, 1.165) is 19.4 Å². The molecule has 0 unspecified atom stereocenters. The average Bonchev–Trinajstić information content (AvgIpc) is 2.79. The highest BCUT2D eigenvalue weighted by atomic mass is 35.5. The van der Waals surface area contributed by atoms with Crippen LogP contribution in [0.3, 0.4) is 0 Å². The van der Waals surface area contributed by atoms with Gasteiger partial charge in [0.15, 0.2) is 5.75 Å². The van der Waals surface area contributed by atoms with Crippen LogP contribution in [-0.4, -0.2) is 23.6 Å². The molecule has 1 saturated heterocycles. The first-order valence-corrected chi connectivity index (χ1v) is 6.06. The summed E-state index contributed by atoms with van der Waals surface area (Å²) in [6, 6.07) is 2.77. The lowest BCUT2D eigenvalue weighted by Crippen LogP contribution is -2.35. The summed E-state index contributed by atoms with van der Waals surface area (Å²) in [5.74, 6) is -0.286. The highest BCUT2D eigenvalue weighted by molar-refractivity contribution is 6.37. The molecule has 2 rings (SSSR count). The second-order valence-electron chi connectivity index (χ2n) is 3.93. The third-order valence-electron chi connectivity index (χ3n) is 2.66. The fourth-order valence-corrected chi connectivity index (χ4v) is 2.26. The summed E-state index contributed by atoms with van der Waals surface area (Å²) in [6.07, 6.45) is 1.82. The molecule has 1 aliphatic heterocycles. The summed E-state index contributed by atoms with van der Waals surface area (Å²) in [4.78, 5) is 11.8. The Morgan fingerprint density at radius 1 is 1.41 bits per heavy atom. The summed E-state index contributed by atoms with van der Waals surface area (Å²) in [6.45, 7) is 0.856. The molecule has 17 heavy (non-hydrogen) atoms. The van der Waals surface area contributed by atoms with Gasteiger partial charge in [-0.15, -0.1) is 0 Å². The van der Waals surface area contributed by atoms with Gasteiger partial charge in [0.1, 0.15) is 0 Å². The molecule has 0 aromatic heterocycles. The molecule has 0 aliphatic carbocycles. The Kier molecular flexibility index (Phi) is 3.76. The minimum absolute atomic E-state index is 0.111. The van der Waals surface area contributed by atoms with E-state index in [4.69, 9.17) is 23.2 Å². The number of aromatic hydroxyl groups is 1. The minimum atomic E-state index is -0.176. The van der Waals surface area contributed by atoms with E-state index in [1.807, 2.05) is 0 Å². The molecule has 1 aliphatic rings. The number of carbonyl (C=O) groups is 1. The average molecular weight is 275 g/mol. The van der Waals surface area contributed by atoms with Crippen molar-refractivity contribution in [2.75, 3.05) is 11.9 Å². The van der Waals surface area contributed by atoms with Crippen LogP contribution < -0.4 is 10.6 Å². The zero-order chi connectivity index (χ0) is 12.4. The van der Waals surface area contributed by atoms with E-state index in [-0.39, 0.29) is 27.7 Å². The maximum Gasteiger partial charge on any atom is 0.241 e. The first-order chi connectivity index (χ1) is 8.08. The lowest BCUT2D eigenvalue weighted by atomic mass is 10.2. The number of phenolic OH excluding ortho intramolecular Hbond substituents is 1. The number of carbonyl (C=O) groups excluding carboxylic acids is 1. The molecule has 6 heteroatoms. The summed E-state index contributed by atoms with van der Waals surface area (Å²) in [5, 5.41) is 15.4. The Morgan fingerprint density at radius 3 is 2.59 bits per heavy atom. The van der Waals surface area contributed by atoms with E-state index in [0.29, 0.717) is 5.69 Å². The number of hydrogen-bond acceptors (Lipinski definition) is 3. The molecule has 0 radical (unpaired) electrons. The predicted molar refractivity (Wildman–Crippen MR) is 67.8 cm³/mol. The summed E-state index contributed by atoms with van der Waals surface area (Å²) in [5.41, 5.74) is 0.483. The molecule has 1 aromatic rings. The Balaban J connectivity index is 2.10. The molecular formula is C11H12Cl2N2O2. The van der Waals surface area contributed by atoms with E-state index < -0.39 is 0 Å². The van der Waals surface area contributed by atoms with Crippen LogP contribution in [-0.2, 0) is 4.79 Å². The van der Waals surface area contributed by atoms with Gasteiger partial charge in [0.2, 0.25) is 5.91 Å². The standard InChI is InChI=1S/C11H12Cl2N2O2/c12-7-4-6(5-8(13)10(7)16)15-11(17)9-2-1-3-14-9/h4-5,9,14,16H,1-3H2,(H,15,17)/t9-/m0/s1. The number of anilines is 1. The van der Waals surface area contributed by atoms with Crippen molar-refractivity contribution in [3.8, 4) is 5.75 Å². The van der Waals surface area contributed by atoms with Crippen LogP contribution in [0.4, 0.5) is 5.69 Å². The molecule has 1 fully saturated rings. The first-order valence-electron chi connectivity index (χ1n) is 5.30. The van der Waals surface area contributed by atoms with E-state index in [1.165, 1.54) is 12.1 Å². The van der Waals surface area contributed by atoms with Gasteiger partial charge in [0.05, 0.1) is 16.1 Å². The molecule has 0 spiro atoms. The zero-order valence-electron chi connectivity index (χ0n) is 8.96. The topological polar surface area (TPSA) is 61.4 Å². The SMILES string of the molecule is O=C(Nc1cc(Cl)c(O)c(Cl)c1)[C@@H]1CCCN1. The van der Waals surface area contributed by atoms with E-state index in [1.54, 1.807) is 0 Å². The molecule has 1 aromatic carbocycles. The summed E-state index contributed by atoms with van der Waals surface area (Å²) in [7, 11) is 0. The van der Waals surface area contributed by atoms with Crippen LogP contribution in [0.25, 0.3) is 0 Å². The van der Waals surface area contributed by atoms with Gasteiger partial charge in [-0.1, -0.05) is 23.2 Å². The minimum Gasteiger partial charge on any atom is -0.505 e. The molecule has 4 nitrogen and oxygen atoms in total. The molecule has 1 heterocycles. The molecule has 1 atom stereocenters. The number of nitrogens with one attached hydrogen (secondary N) is 2. The number of benzene rings is 1. The van der Waals surface area contributed by atoms with Crippen LogP contribution in [0, 0.1) is 0 Å². The number of hydrogen-bond donors (Lipinski definition) is 3. The number of halogens is 2. The van der Waals surface area contributed by atoms with Crippen molar-refractivity contribution in [2.24, 2.45) is 0 Å². The quantitative estimate of drug-likeness (QED) is 0.726. The van der Waals surface area contributed by atoms with Crippen LogP contribution in [0.15, 0.2) is 12.1 Å². The molecule has 0 bridgehead atoms. The van der Waals surface area contributed by atoms with Crippen LogP contribution >= 0.6 is 23.2 Å². The Hall–Kier alpha value is -0.970. The lowest BCUT2D eigenvalue weighted by molar-refractivity contribution is -0.117. The fourth-order valence-electron chi connectivity index (χ4n) is 1.78. The van der Waals surface area contributed by atoms with Gasteiger partial charge in [-0.2, -0.15) is 0 Å². The number of rotatable bonds is 2. The van der Waals surface area contributed by atoms with Crippen molar-refractivity contribution in [3.05, 3.63) is 22.2 Å². The highest BCUT2D eigenvalue weighted by Gasteiger charge is 2.22. The highest BCUT2D eigenvalue weighted by Crippen LogP contribution is 2.34. The number of amides is 1. The van der Waals surface area contributed by atoms with Gasteiger partial charge in [-0.3, -0.25) is 4.79 Å². The van der Waals surface area contributed by atoms with E-state index in [9.17, 15) is 9.90 Å². The van der Waals surface area contributed by atoms with E-state index >= 15 is 0 Å². The molecular weight excluding hydrogens is 263 g/mol. The maximum atomic E-state index is 11.8. The summed E-state index contributed by atoms with van der Waals surface area (Å²) < 4.78 is 0. The van der Waals surface area contributed by atoms with Gasteiger partial charge in [-0.05, 0) is 31.5 Å². The molecule has 0 saturated carbocycles. The largest absolute Gasteiger partial charge is 0.505 e. The normalized spacial score (nSPS) is 19.3. The lowest BCUT2D eigenvalue weighted by Gasteiger charge is -2.12. The molecule has 3 N–H and O–H groups in total. The smallest absolute Gasteiger partial charge is 0.241 e. The molecule has 92 valence electrons. The first kappa shape index (κ1) is 12.5. The third kappa shape index (κ3) is 2.83.